The molecular weight excluding hydrogens is 240 g/mol. The zero-order valence-electron chi connectivity index (χ0n) is 10.4. The van der Waals surface area contributed by atoms with Crippen molar-refractivity contribution in [1.29, 1.82) is 0 Å². The van der Waals surface area contributed by atoms with Gasteiger partial charge in [0.05, 0.1) is 12.7 Å². The highest BCUT2D eigenvalue weighted by atomic mass is 16.7. The summed E-state index contributed by atoms with van der Waals surface area (Å²) in [6.07, 6.45) is -2.18. The van der Waals surface area contributed by atoms with E-state index < -0.39 is 41.9 Å². The highest BCUT2D eigenvalue weighted by Gasteiger charge is 2.70. The van der Waals surface area contributed by atoms with Crippen LogP contribution in [0.25, 0.3) is 0 Å². The number of ether oxygens (including phenoxy) is 3. The lowest BCUT2D eigenvalue weighted by atomic mass is 9.76. The van der Waals surface area contributed by atoms with E-state index in [2.05, 4.69) is 0 Å². The predicted molar refractivity (Wildman–Crippen MR) is 58.3 cm³/mol. The second kappa shape index (κ2) is 3.90. The minimum Gasteiger partial charge on any atom is -0.459 e. The normalized spacial score (nSPS) is 54.3. The lowest BCUT2D eigenvalue weighted by molar-refractivity contribution is -0.257. The van der Waals surface area contributed by atoms with Crippen LogP contribution >= 0.6 is 0 Å². The lowest BCUT2D eigenvalue weighted by Gasteiger charge is -2.42. The molecule has 0 bridgehead atoms. The van der Waals surface area contributed by atoms with E-state index in [1.807, 2.05) is 6.92 Å². The summed E-state index contributed by atoms with van der Waals surface area (Å²) in [6, 6.07) is 0. The maximum atomic E-state index is 11.9. The van der Waals surface area contributed by atoms with E-state index in [-0.39, 0.29) is 12.5 Å². The molecule has 2 heterocycles. The van der Waals surface area contributed by atoms with Gasteiger partial charge in [0.25, 0.3) is 0 Å². The van der Waals surface area contributed by atoms with Gasteiger partial charge in [-0.25, -0.2) is 0 Å². The Kier molecular flexibility index (Phi) is 2.68. The summed E-state index contributed by atoms with van der Waals surface area (Å²) < 4.78 is 16.1. The molecule has 18 heavy (non-hydrogen) atoms. The standard InChI is InChI=1S/C12H18O6/c1-3-16-11-6-7-9(18-10(6)14)8(13)5(2)12(7,15)4-17-11/h5-9,11,13,15H,3-4H2,1-2H3/t5-,6+,7-,8+,9+,11-,12-/m0/s1. The van der Waals surface area contributed by atoms with Crippen molar-refractivity contribution in [2.24, 2.45) is 17.8 Å². The monoisotopic (exact) mass is 258 g/mol. The molecule has 2 N–H and O–H groups in total. The molecule has 0 aromatic heterocycles. The van der Waals surface area contributed by atoms with Crippen molar-refractivity contribution < 1.29 is 29.2 Å². The molecule has 0 amide bonds. The third kappa shape index (κ3) is 1.34. The van der Waals surface area contributed by atoms with E-state index >= 15 is 0 Å². The lowest BCUT2D eigenvalue weighted by Crippen LogP contribution is -2.56. The van der Waals surface area contributed by atoms with Gasteiger partial charge in [0.2, 0.25) is 0 Å². The van der Waals surface area contributed by atoms with E-state index in [0.29, 0.717) is 6.61 Å². The van der Waals surface area contributed by atoms with Crippen LogP contribution in [0.1, 0.15) is 13.8 Å². The summed E-state index contributed by atoms with van der Waals surface area (Å²) in [5.41, 5.74) is -1.21. The molecule has 0 aromatic rings. The Labute approximate surface area is 105 Å². The van der Waals surface area contributed by atoms with Gasteiger partial charge in [0, 0.05) is 18.4 Å². The van der Waals surface area contributed by atoms with Gasteiger partial charge < -0.3 is 24.4 Å². The van der Waals surface area contributed by atoms with Gasteiger partial charge in [-0.15, -0.1) is 0 Å². The van der Waals surface area contributed by atoms with Gasteiger partial charge in [0.1, 0.15) is 17.6 Å². The average Bonchev–Trinajstić information content (AvgIpc) is 2.78. The van der Waals surface area contributed by atoms with E-state index in [1.54, 1.807) is 6.92 Å². The highest BCUT2D eigenvalue weighted by molar-refractivity contribution is 5.77. The van der Waals surface area contributed by atoms with Crippen molar-refractivity contribution in [3.05, 3.63) is 0 Å². The van der Waals surface area contributed by atoms with Crippen LogP contribution in [0.5, 0.6) is 0 Å². The molecule has 102 valence electrons. The quantitative estimate of drug-likeness (QED) is 0.636. The van der Waals surface area contributed by atoms with Gasteiger partial charge in [-0.05, 0) is 6.92 Å². The highest BCUT2D eigenvalue weighted by Crippen LogP contribution is 2.54. The number of carbonyl (C=O) groups is 1. The molecular formula is C12H18O6. The van der Waals surface area contributed by atoms with Crippen LogP contribution < -0.4 is 0 Å². The Bertz CT molecular complexity index is 372. The van der Waals surface area contributed by atoms with Gasteiger partial charge in [-0.1, -0.05) is 6.92 Å². The topological polar surface area (TPSA) is 85.2 Å². The molecule has 6 heteroatoms. The SMILES string of the molecule is CCO[C@H]1OC[C@@]2(O)[C@@H]3[C@@H](OC(=O)[C@H]13)[C@H](O)[C@@H]2C. The van der Waals surface area contributed by atoms with Crippen molar-refractivity contribution in [1.82, 2.24) is 0 Å². The number of hydrogen-bond acceptors (Lipinski definition) is 6. The number of rotatable bonds is 2. The third-order valence-electron chi connectivity index (χ3n) is 4.58. The Morgan fingerprint density at radius 1 is 1.56 bits per heavy atom. The Hall–Kier alpha value is -0.690. The molecule has 0 spiro atoms. The molecule has 3 aliphatic rings. The molecule has 6 nitrogen and oxygen atoms in total. The van der Waals surface area contributed by atoms with Crippen LogP contribution in [-0.2, 0) is 19.0 Å². The van der Waals surface area contributed by atoms with Crippen LogP contribution in [0.2, 0.25) is 0 Å². The molecule has 3 rings (SSSR count). The molecule has 2 saturated heterocycles. The average molecular weight is 258 g/mol. The molecule has 7 atom stereocenters. The minimum atomic E-state index is -1.21. The van der Waals surface area contributed by atoms with Crippen molar-refractivity contribution in [3.63, 3.8) is 0 Å². The largest absolute Gasteiger partial charge is 0.459 e. The van der Waals surface area contributed by atoms with Crippen molar-refractivity contribution in [2.75, 3.05) is 13.2 Å². The molecule has 2 aliphatic heterocycles. The van der Waals surface area contributed by atoms with Crippen LogP contribution in [0.15, 0.2) is 0 Å². The number of hydrogen-bond donors (Lipinski definition) is 2. The number of carbonyl (C=O) groups excluding carboxylic acids is 1. The summed E-state index contributed by atoms with van der Waals surface area (Å²) in [5, 5.41) is 20.7. The first-order valence-corrected chi connectivity index (χ1v) is 6.35. The van der Waals surface area contributed by atoms with Gasteiger partial charge in [0.15, 0.2) is 6.29 Å². The summed E-state index contributed by atoms with van der Waals surface area (Å²) in [6.45, 7) is 4.04. The van der Waals surface area contributed by atoms with Gasteiger partial charge in [-0.3, -0.25) is 4.79 Å². The maximum absolute atomic E-state index is 11.9. The summed E-state index contributed by atoms with van der Waals surface area (Å²) in [7, 11) is 0. The first-order chi connectivity index (χ1) is 8.50. The van der Waals surface area contributed by atoms with Gasteiger partial charge >= 0.3 is 5.97 Å². The van der Waals surface area contributed by atoms with Crippen molar-refractivity contribution in [3.8, 4) is 0 Å². The first kappa shape index (κ1) is 12.3. The number of esters is 1. The molecule has 0 radical (unpaired) electrons. The van der Waals surface area contributed by atoms with Crippen molar-refractivity contribution in [2.45, 2.75) is 37.9 Å². The second-order valence-corrected chi connectivity index (χ2v) is 5.36. The van der Waals surface area contributed by atoms with Crippen LogP contribution in [0, 0.1) is 17.8 Å². The predicted octanol–water partition coefficient (Wildman–Crippen LogP) is -0.721. The Balaban J connectivity index is 1.97. The number of aliphatic hydroxyl groups excluding tert-OH is 1. The molecule has 3 fully saturated rings. The Morgan fingerprint density at radius 3 is 2.94 bits per heavy atom. The fourth-order valence-electron chi connectivity index (χ4n) is 3.54. The van der Waals surface area contributed by atoms with Crippen LogP contribution in [-0.4, -0.2) is 53.5 Å². The summed E-state index contributed by atoms with van der Waals surface area (Å²) in [5.74, 6) is -1.92. The maximum Gasteiger partial charge on any atom is 0.315 e. The summed E-state index contributed by atoms with van der Waals surface area (Å²) >= 11 is 0. The Morgan fingerprint density at radius 2 is 2.28 bits per heavy atom. The fraction of sp³-hybridized carbons (Fsp3) is 0.917. The molecule has 1 saturated carbocycles. The van der Waals surface area contributed by atoms with E-state index in [0.717, 1.165) is 0 Å². The van der Waals surface area contributed by atoms with E-state index in [1.165, 1.54) is 0 Å². The molecule has 1 aliphatic carbocycles. The first-order valence-electron chi connectivity index (χ1n) is 6.35. The number of aliphatic hydroxyl groups is 2. The fourth-order valence-corrected chi connectivity index (χ4v) is 3.54. The van der Waals surface area contributed by atoms with Gasteiger partial charge in [-0.2, -0.15) is 0 Å². The smallest absolute Gasteiger partial charge is 0.315 e. The van der Waals surface area contributed by atoms with Crippen LogP contribution in [0.4, 0.5) is 0 Å². The van der Waals surface area contributed by atoms with E-state index in [9.17, 15) is 15.0 Å². The zero-order chi connectivity index (χ0) is 13.1. The second-order valence-electron chi connectivity index (χ2n) is 5.36. The van der Waals surface area contributed by atoms with E-state index in [4.69, 9.17) is 14.2 Å². The summed E-state index contributed by atoms with van der Waals surface area (Å²) in [4.78, 5) is 11.9. The van der Waals surface area contributed by atoms with Crippen LogP contribution in [0.3, 0.4) is 0 Å². The zero-order valence-corrected chi connectivity index (χ0v) is 10.4. The third-order valence-corrected chi connectivity index (χ3v) is 4.58. The van der Waals surface area contributed by atoms with Crippen molar-refractivity contribution >= 4 is 5.97 Å². The molecule has 0 unspecified atom stereocenters. The minimum absolute atomic E-state index is 0.0597. The molecule has 0 aromatic carbocycles.